The second-order valence-electron chi connectivity index (χ2n) is 11.6. The lowest BCUT2D eigenvalue weighted by Gasteiger charge is -2.47. The van der Waals surface area contributed by atoms with Gasteiger partial charge in [0.2, 0.25) is 0 Å². The first kappa shape index (κ1) is 33.7. The molecule has 0 aliphatic carbocycles. The van der Waals surface area contributed by atoms with E-state index in [1.54, 1.807) is 133 Å². The van der Waals surface area contributed by atoms with Crippen molar-refractivity contribution in [3.05, 3.63) is 214 Å². The van der Waals surface area contributed by atoms with Crippen molar-refractivity contribution in [1.29, 1.82) is 0 Å². The molecule has 0 aliphatic heterocycles. The summed E-state index contributed by atoms with van der Waals surface area (Å²) in [5.41, 5.74) is -2.50. The van der Waals surface area contributed by atoms with Crippen LogP contribution in [0.5, 0.6) is 0 Å². The molecule has 248 valence electrons. The van der Waals surface area contributed by atoms with Crippen molar-refractivity contribution in [2.24, 2.45) is 0 Å². The highest BCUT2D eigenvalue weighted by molar-refractivity contribution is 5.56. The molecule has 2 atom stereocenters. The standard InChI is InChI=1S/C42H32F6O/c43-37(39(45)46)33-25-13-15-27-35(33)41(29-17-5-1-6-18-29,30-19-7-2-8-20-30)49-42(31-21-9-3-10-22-31,32-23-11-4-12-24-32)36-28-16-14-26-34(36)38(44)40(47)48/h1-28,37-40H. The van der Waals surface area contributed by atoms with Crippen LogP contribution in [-0.2, 0) is 15.9 Å². The number of halogens is 6. The van der Waals surface area contributed by atoms with Crippen molar-refractivity contribution in [3.8, 4) is 0 Å². The Hall–Kier alpha value is -5.14. The average molecular weight is 667 g/mol. The van der Waals surface area contributed by atoms with Crippen LogP contribution in [0.2, 0.25) is 0 Å². The Labute approximate surface area is 281 Å². The summed E-state index contributed by atoms with van der Waals surface area (Å²) in [5.74, 6) is 0. The molecule has 0 N–H and O–H groups in total. The fourth-order valence-corrected chi connectivity index (χ4v) is 6.61. The Kier molecular flexibility index (Phi) is 10.0. The number of hydrogen-bond acceptors (Lipinski definition) is 1. The zero-order chi connectivity index (χ0) is 34.4. The minimum atomic E-state index is -3.36. The first-order chi connectivity index (χ1) is 23.8. The number of rotatable bonds is 12. The molecule has 0 radical (unpaired) electrons. The molecule has 0 aliphatic rings. The van der Waals surface area contributed by atoms with Crippen LogP contribution in [0.1, 0.15) is 56.9 Å². The maximum Gasteiger partial charge on any atom is 0.273 e. The third-order valence-corrected chi connectivity index (χ3v) is 8.74. The highest BCUT2D eigenvalue weighted by Crippen LogP contribution is 2.54. The fourth-order valence-electron chi connectivity index (χ4n) is 6.61. The second kappa shape index (κ2) is 14.5. The van der Waals surface area contributed by atoms with Crippen molar-refractivity contribution in [1.82, 2.24) is 0 Å². The first-order valence-electron chi connectivity index (χ1n) is 15.8. The molecule has 6 aromatic carbocycles. The molecular formula is C42H32F6O. The van der Waals surface area contributed by atoms with Crippen molar-refractivity contribution in [2.75, 3.05) is 0 Å². The first-order valence-corrected chi connectivity index (χ1v) is 15.8. The van der Waals surface area contributed by atoms with Crippen LogP contribution >= 0.6 is 0 Å². The van der Waals surface area contributed by atoms with Gasteiger partial charge in [0.25, 0.3) is 12.9 Å². The van der Waals surface area contributed by atoms with Gasteiger partial charge in [0.05, 0.1) is 0 Å². The molecule has 6 aromatic rings. The van der Waals surface area contributed by atoms with Gasteiger partial charge >= 0.3 is 0 Å². The van der Waals surface area contributed by atoms with Gasteiger partial charge in [-0.2, -0.15) is 0 Å². The van der Waals surface area contributed by atoms with E-state index in [1.165, 1.54) is 36.4 Å². The summed E-state index contributed by atoms with van der Waals surface area (Å²) in [4.78, 5) is 0. The summed E-state index contributed by atoms with van der Waals surface area (Å²) < 4.78 is 96.5. The smallest absolute Gasteiger partial charge is 0.273 e. The van der Waals surface area contributed by atoms with E-state index in [2.05, 4.69) is 0 Å². The molecule has 0 bridgehead atoms. The van der Waals surface area contributed by atoms with Gasteiger partial charge in [-0.15, -0.1) is 0 Å². The predicted octanol–water partition coefficient (Wildman–Crippen LogP) is 11.5. The van der Waals surface area contributed by atoms with E-state index in [0.29, 0.717) is 22.3 Å². The maximum atomic E-state index is 15.8. The van der Waals surface area contributed by atoms with Gasteiger partial charge in [-0.25, -0.2) is 26.3 Å². The van der Waals surface area contributed by atoms with Crippen molar-refractivity contribution >= 4 is 0 Å². The van der Waals surface area contributed by atoms with Crippen LogP contribution in [0, 0.1) is 0 Å². The molecule has 0 saturated heterocycles. The number of hydrogen-bond donors (Lipinski definition) is 0. The van der Waals surface area contributed by atoms with Crippen LogP contribution in [0.25, 0.3) is 0 Å². The molecule has 0 saturated carbocycles. The second-order valence-corrected chi connectivity index (χ2v) is 11.6. The Morgan fingerprint density at radius 2 is 0.571 bits per heavy atom. The van der Waals surface area contributed by atoms with Crippen LogP contribution in [0.15, 0.2) is 170 Å². The molecule has 6 rings (SSSR count). The zero-order valence-corrected chi connectivity index (χ0v) is 26.2. The Morgan fingerprint density at radius 3 is 0.837 bits per heavy atom. The Morgan fingerprint density at radius 1 is 0.327 bits per heavy atom. The van der Waals surface area contributed by atoms with Crippen molar-refractivity contribution in [3.63, 3.8) is 0 Å². The normalized spacial score (nSPS) is 13.4. The van der Waals surface area contributed by atoms with E-state index in [4.69, 9.17) is 4.74 Å². The van der Waals surface area contributed by atoms with Gasteiger partial charge in [-0.05, 0) is 44.5 Å². The quantitative estimate of drug-likeness (QED) is 0.0933. The molecule has 0 amide bonds. The minimum absolute atomic E-state index is 0.0691. The molecule has 7 heteroatoms. The highest BCUT2D eigenvalue weighted by Gasteiger charge is 2.51. The van der Waals surface area contributed by atoms with Gasteiger partial charge in [-0.1, -0.05) is 170 Å². The predicted molar refractivity (Wildman–Crippen MR) is 179 cm³/mol. The largest absolute Gasteiger partial charge is 0.340 e. The van der Waals surface area contributed by atoms with E-state index in [9.17, 15) is 17.6 Å². The average Bonchev–Trinajstić information content (AvgIpc) is 3.16. The number of alkyl halides is 6. The summed E-state index contributed by atoms with van der Waals surface area (Å²) in [6.07, 6.45) is -12.1. The molecule has 2 unspecified atom stereocenters. The minimum Gasteiger partial charge on any atom is -0.340 e. The fraction of sp³-hybridized carbons (Fsp3) is 0.143. The van der Waals surface area contributed by atoms with E-state index in [0.717, 1.165) is 0 Å². The van der Waals surface area contributed by atoms with Crippen LogP contribution < -0.4 is 0 Å². The monoisotopic (exact) mass is 666 g/mol. The summed E-state index contributed by atoms with van der Waals surface area (Å²) in [7, 11) is 0. The summed E-state index contributed by atoms with van der Waals surface area (Å²) >= 11 is 0. The van der Waals surface area contributed by atoms with Crippen molar-refractivity contribution < 1.29 is 31.1 Å². The summed E-state index contributed by atoms with van der Waals surface area (Å²) in [6, 6.07) is 46.8. The highest BCUT2D eigenvalue weighted by atomic mass is 19.3. The van der Waals surface area contributed by atoms with E-state index < -0.39 is 36.4 Å². The van der Waals surface area contributed by atoms with Gasteiger partial charge in [-0.3, -0.25) is 0 Å². The molecule has 0 fully saturated rings. The Balaban J connectivity index is 1.84. The third kappa shape index (κ3) is 6.27. The van der Waals surface area contributed by atoms with E-state index in [1.807, 2.05) is 0 Å². The Bertz CT molecular complexity index is 1710. The molecule has 49 heavy (non-hydrogen) atoms. The maximum absolute atomic E-state index is 15.8. The summed E-state index contributed by atoms with van der Waals surface area (Å²) in [5, 5.41) is 0. The van der Waals surface area contributed by atoms with E-state index in [-0.39, 0.29) is 22.3 Å². The number of ether oxygens (including phenoxy) is 1. The van der Waals surface area contributed by atoms with Crippen molar-refractivity contribution in [2.45, 2.75) is 36.4 Å². The number of benzene rings is 6. The van der Waals surface area contributed by atoms with Gasteiger partial charge in [0.1, 0.15) is 11.2 Å². The van der Waals surface area contributed by atoms with Crippen LogP contribution in [0.3, 0.4) is 0 Å². The lowest BCUT2D eigenvalue weighted by Crippen LogP contribution is -2.45. The molecular weight excluding hydrogens is 634 g/mol. The molecule has 1 nitrogen and oxygen atoms in total. The third-order valence-electron chi connectivity index (χ3n) is 8.74. The van der Waals surface area contributed by atoms with Crippen LogP contribution in [0.4, 0.5) is 26.3 Å². The van der Waals surface area contributed by atoms with Gasteiger partial charge < -0.3 is 4.74 Å². The van der Waals surface area contributed by atoms with Gasteiger partial charge in [0, 0.05) is 0 Å². The summed E-state index contributed by atoms with van der Waals surface area (Å²) in [6.45, 7) is 0. The SMILES string of the molecule is FC(F)C(F)c1ccccc1C(OC(c1ccccc1)(c1ccccc1)c1ccccc1C(F)C(F)F)(c1ccccc1)c1ccccc1. The molecule has 0 aromatic heterocycles. The molecule has 0 heterocycles. The van der Waals surface area contributed by atoms with Crippen LogP contribution in [-0.4, -0.2) is 12.9 Å². The lowest BCUT2D eigenvalue weighted by atomic mass is 9.73. The topological polar surface area (TPSA) is 9.23 Å². The van der Waals surface area contributed by atoms with Gasteiger partial charge in [0.15, 0.2) is 12.3 Å². The zero-order valence-electron chi connectivity index (χ0n) is 26.2. The molecule has 0 spiro atoms. The van der Waals surface area contributed by atoms with E-state index >= 15 is 8.78 Å². The lowest BCUT2D eigenvalue weighted by molar-refractivity contribution is -0.0838.